The number of ether oxygens (including phenoxy) is 1. The number of nitro groups is 1. The Bertz CT molecular complexity index is 1160. The molecular formula is C25H20N2O5. The molecule has 0 atom stereocenters. The largest absolute Gasteiger partial charge is 0.461 e. The Morgan fingerprint density at radius 3 is 2.31 bits per heavy atom. The molecule has 160 valence electrons. The number of hydrogen-bond donors (Lipinski definition) is 0. The summed E-state index contributed by atoms with van der Waals surface area (Å²) in [5.41, 5.74) is 3.06. The molecule has 0 unspecified atom stereocenters. The van der Waals surface area contributed by atoms with Crippen LogP contribution < -0.4 is 0 Å². The van der Waals surface area contributed by atoms with Crippen LogP contribution in [0.2, 0.25) is 0 Å². The highest BCUT2D eigenvalue weighted by Gasteiger charge is 2.18. The van der Waals surface area contributed by atoms with Gasteiger partial charge >= 0.3 is 5.97 Å². The van der Waals surface area contributed by atoms with Crippen molar-refractivity contribution in [1.82, 2.24) is 4.98 Å². The second-order valence-corrected chi connectivity index (χ2v) is 7.11. The number of carbonyl (C=O) groups excluding carboxylic acids is 1. The highest BCUT2D eigenvalue weighted by molar-refractivity contribution is 5.77. The van der Waals surface area contributed by atoms with Crippen LogP contribution >= 0.6 is 0 Å². The first-order chi connectivity index (χ1) is 15.6. The number of esters is 1. The number of rotatable bonds is 8. The van der Waals surface area contributed by atoms with E-state index in [9.17, 15) is 14.9 Å². The van der Waals surface area contributed by atoms with Crippen molar-refractivity contribution in [2.24, 2.45) is 0 Å². The van der Waals surface area contributed by atoms with Crippen LogP contribution in [0.4, 0.5) is 5.69 Å². The molecule has 0 N–H and O–H groups in total. The Hall–Kier alpha value is -4.26. The molecule has 1 heterocycles. The highest BCUT2D eigenvalue weighted by atomic mass is 16.6. The number of aromatic nitrogens is 1. The van der Waals surface area contributed by atoms with Crippen LogP contribution in [-0.2, 0) is 22.6 Å². The minimum absolute atomic E-state index is 0.0311. The molecule has 0 spiro atoms. The number of nitrogens with zero attached hydrogens (tertiary/aromatic N) is 2. The molecule has 0 amide bonds. The van der Waals surface area contributed by atoms with E-state index in [2.05, 4.69) is 4.98 Å². The van der Waals surface area contributed by atoms with Gasteiger partial charge in [0.25, 0.3) is 5.69 Å². The van der Waals surface area contributed by atoms with Crippen LogP contribution in [0.1, 0.15) is 17.9 Å². The van der Waals surface area contributed by atoms with Gasteiger partial charge in [0.05, 0.1) is 11.3 Å². The molecule has 0 aliphatic carbocycles. The van der Waals surface area contributed by atoms with Gasteiger partial charge in [-0.25, -0.2) is 4.98 Å². The van der Waals surface area contributed by atoms with Gasteiger partial charge in [0.1, 0.15) is 12.3 Å². The Balaban J connectivity index is 1.44. The fourth-order valence-electron chi connectivity index (χ4n) is 3.25. The number of oxazole rings is 1. The normalized spacial score (nSPS) is 10.6. The molecule has 0 saturated heterocycles. The lowest BCUT2D eigenvalue weighted by atomic mass is 10.1. The number of carbonyl (C=O) groups is 1. The maximum absolute atomic E-state index is 12.2. The van der Waals surface area contributed by atoms with Crippen LogP contribution in [0, 0.1) is 10.1 Å². The summed E-state index contributed by atoms with van der Waals surface area (Å²) in [5.74, 6) is 0.656. The van der Waals surface area contributed by atoms with E-state index in [1.54, 1.807) is 12.1 Å². The highest BCUT2D eigenvalue weighted by Crippen LogP contribution is 2.32. The smallest absolute Gasteiger partial charge is 0.306 e. The summed E-state index contributed by atoms with van der Waals surface area (Å²) in [6, 6.07) is 25.4. The molecule has 7 heteroatoms. The van der Waals surface area contributed by atoms with Gasteiger partial charge in [-0.05, 0) is 5.56 Å². The van der Waals surface area contributed by atoms with Gasteiger partial charge in [-0.15, -0.1) is 0 Å². The number of nitro benzene ring substituents is 1. The lowest BCUT2D eigenvalue weighted by molar-refractivity contribution is -0.384. The van der Waals surface area contributed by atoms with Gasteiger partial charge in [-0.2, -0.15) is 0 Å². The second-order valence-electron chi connectivity index (χ2n) is 7.11. The van der Waals surface area contributed by atoms with Crippen LogP contribution in [0.5, 0.6) is 0 Å². The number of aryl methyl sites for hydroxylation is 1. The van der Waals surface area contributed by atoms with Crippen molar-refractivity contribution in [3.8, 4) is 22.6 Å². The summed E-state index contributed by atoms with van der Waals surface area (Å²) >= 11 is 0. The fourth-order valence-corrected chi connectivity index (χ4v) is 3.25. The van der Waals surface area contributed by atoms with Crippen molar-refractivity contribution in [3.05, 3.63) is 106 Å². The SMILES string of the molecule is O=C(CCc1nc(-c2ccccc2)c(-c2ccccc2)o1)OCc1cccc([N+](=O)[O-])c1. The van der Waals surface area contributed by atoms with Gasteiger partial charge in [-0.3, -0.25) is 14.9 Å². The molecule has 0 radical (unpaired) electrons. The molecule has 3 aromatic carbocycles. The third-order valence-electron chi connectivity index (χ3n) is 4.82. The van der Waals surface area contributed by atoms with Crippen molar-refractivity contribution < 1.29 is 18.9 Å². The monoisotopic (exact) mass is 428 g/mol. The summed E-state index contributed by atoms with van der Waals surface area (Å²) in [6.07, 6.45) is 0.359. The van der Waals surface area contributed by atoms with E-state index in [4.69, 9.17) is 9.15 Å². The van der Waals surface area contributed by atoms with Crippen LogP contribution in [0.25, 0.3) is 22.6 Å². The summed E-state index contributed by atoms with van der Waals surface area (Å²) in [6.45, 7) is -0.0311. The van der Waals surface area contributed by atoms with Crippen molar-refractivity contribution in [3.63, 3.8) is 0 Å². The summed E-state index contributed by atoms with van der Waals surface area (Å²) in [5, 5.41) is 10.9. The van der Waals surface area contributed by atoms with Crippen molar-refractivity contribution in [2.75, 3.05) is 0 Å². The zero-order valence-corrected chi connectivity index (χ0v) is 17.1. The van der Waals surface area contributed by atoms with Gasteiger partial charge < -0.3 is 9.15 Å². The first-order valence-electron chi connectivity index (χ1n) is 10.1. The molecule has 1 aromatic heterocycles. The zero-order chi connectivity index (χ0) is 22.3. The third-order valence-corrected chi connectivity index (χ3v) is 4.82. The lowest BCUT2D eigenvalue weighted by Gasteiger charge is -2.04. The number of benzene rings is 3. The maximum atomic E-state index is 12.2. The van der Waals surface area contributed by atoms with Gasteiger partial charge in [0.15, 0.2) is 11.7 Å². The van der Waals surface area contributed by atoms with Crippen molar-refractivity contribution in [1.29, 1.82) is 0 Å². The van der Waals surface area contributed by atoms with E-state index in [0.717, 1.165) is 16.8 Å². The van der Waals surface area contributed by atoms with Gasteiger partial charge in [0.2, 0.25) is 0 Å². The molecule has 4 rings (SSSR count). The molecule has 0 aliphatic heterocycles. The molecule has 0 saturated carbocycles. The minimum Gasteiger partial charge on any atom is -0.461 e. The third kappa shape index (κ3) is 5.07. The number of non-ortho nitro benzene ring substituents is 1. The molecule has 0 aliphatic rings. The molecular weight excluding hydrogens is 408 g/mol. The van der Waals surface area contributed by atoms with Gasteiger partial charge in [-0.1, -0.05) is 72.8 Å². The standard InChI is InChI=1S/C25H20N2O5/c28-23(31-17-18-8-7-13-21(16-18)27(29)30)15-14-22-26-24(19-9-3-1-4-10-19)25(32-22)20-11-5-2-6-12-20/h1-13,16H,14-15,17H2. The Labute approximate surface area is 184 Å². The molecule has 7 nitrogen and oxygen atoms in total. The van der Waals surface area contributed by atoms with E-state index >= 15 is 0 Å². The van der Waals surface area contributed by atoms with E-state index in [1.165, 1.54) is 12.1 Å². The van der Waals surface area contributed by atoms with E-state index in [0.29, 0.717) is 17.2 Å². The first kappa shape index (κ1) is 21.0. The van der Waals surface area contributed by atoms with Crippen molar-refractivity contribution in [2.45, 2.75) is 19.4 Å². The van der Waals surface area contributed by atoms with Gasteiger partial charge in [0, 0.05) is 29.7 Å². The fraction of sp³-hybridized carbons (Fsp3) is 0.120. The molecule has 4 aromatic rings. The Morgan fingerprint density at radius 2 is 1.62 bits per heavy atom. The zero-order valence-electron chi connectivity index (χ0n) is 17.1. The first-order valence-corrected chi connectivity index (χ1v) is 10.1. The summed E-state index contributed by atoms with van der Waals surface area (Å²) < 4.78 is 11.3. The number of hydrogen-bond acceptors (Lipinski definition) is 6. The maximum Gasteiger partial charge on any atom is 0.306 e. The molecule has 0 fully saturated rings. The Kier molecular flexibility index (Phi) is 6.36. The average Bonchev–Trinajstić information content (AvgIpc) is 3.27. The van der Waals surface area contributed by atoms with E-state index in [1.807, 2.05) is 60.7 Å². The van der Waals surface area contributed by atoms with Crippen LogP contribution in [0.15, 0.2) is 89.3 Å². The average molecular weight is 428 g/mol. The molecule has 0 bridgehead atoms. The van der Waals surface area contributed by atoms with Crippen LogP contribution in [-0.4, -0.2) is 15.9 Å². The van der Waals surface area contributed by atoms with E-state index in [-0.39, 0.29) is 25.1 Å². The molecule has 32 heavy (non-hydrogen) atoms. The lowest BCUT2D eigenvalue weighted by Crippen LogP contribution is -2.06. The minimum atomic E-state index is -0.484. The van der Waals surface area contributed by atoms with Crippen molar-refractivity contribution >= 4 is 11.7 Å². The van der Waals surface area contributed by atoms with Crippen LogP contribution in [0.3, 0.4) is 0 Å². The quantitative estimate of drug-likeness (QED) is 0.206. The summed E-state index contributed by atoms with van der Waals surface area (Å²) in [4.78, 5) is 27.2. The second kappa shape index (κ2) is 9.70. The predicted molar refractivity (Wildman–Crippen MR) is 119 cm³/mol. The Morgan fingerprint density at radius 1 is 0.938 bits per heavy atom. The predicted octanol–water partition coefficient (Wildman–Crippen LogP) is 5.59. The topological polar surface area (TPSA) is 95.5 Å². The van der Waals surface area contributed by atoms with E-state index < -0.39 is 10.9 Å². The summed E-state index contributed by atoms with van der Waals surface area (Å²) in [7, 11) is 0.